The number of nitrogens with one attached hydrogen (secondary N) is 1. The van der Waals surface area contributed by atoms with Crippen LogP contribution in [0.1, 0.15) is 60.5 Å². The van der Waals surface area contributed by atoms with Gasteiger partial charge < -0.3 is 16.0 Å². The van der Waals surface area contributed by atoms with E-state index in [4.69, 9.17) is 5.73 Å². The fourth-order valence-electron chi connectivity index (χ4n) is 5.04. The van der Waals surface area contributed by atoms with E-state index in [-0.39, 0.29) is 24.3 Å². The zero-order chi connectivity index (χ0) is 23.1. The predicted octanol–water partition coefficient (Wildman–Crippen LogP) is 4.60. The first-order valence-corrected chi connectivity index (χ1v) is 11.3. The van der Waals surface area contributed by atoms with Crippen LogP contribution in [-0.4, -0.2) is 41.5 Å². The first-order valence-electron chi connectivity index (χ1n) is 11.3. The quantitative estimate of drug-likeness (QED) is 0.726. The number of alkyl halides is 2. The molecule has 172 valence electrons. The second-order valence-electron chi connectivity index (χ2n) is 9.91. The summed E-state index contributed by atoms with van der Waals surface area (Å²) in [5, 5.41) is 2.86. The molecule has 4 rings (SSSR count). The van der Waals surface area contributed by atoms with E-state index < -0.39 is 12.0 Å². The number of anilines is 1. The van der Waals surface area contributed by atoms with E-state index in [2.05, 4.69) is 33.4 Å². The Hall–Kier alpha value is -2.54. The number of aromatic nitrogens is 1. The third-order valence-corrected chi connectivity index (χ3v) is 6.49. The lowest BCUT2D eigenvalue weighted by Gasteiger charge is -2.30. The molecule has 1 amide bonds. The largest absolute Gasteiger partial charge is 0.368 e. The third-order valence-electron chi connectivity index (χ3n) is 6.49. The van der Waals surface area contributed by atoms with Gasteiger partial charge in [-0.1, -0.05) is 29.3 Å². The summed E-state index contributed by atoms with van der Waals surface area (Å²) in [6.45, 7) is 7.41. The molecule has 5 nitrogen and oxygen atoms in total. The number of carbonyl (C=O) groups is 1. The van der Waals surface area contributed by atoms with Crippen molar-refractivity contribution in [1.29, 1.82) is 0 Å². The molecule has 1 aliphatic carbocycles. The molecule has 1 aromatic heterocycles. The van der Waals surface area contributed by atoms with E-state index in [1.807, 2.05) is 20.8 Å². The van der Waals surface area contributed by atoms with E-state index in [1.54, 1.807) is 12.4 Å². The molecule has 2 atom stereocenters. The number of nitrogens with zero attached hydrogens (tertiary/aromatic N) is 2. The third kappa shape index (κ3) is 4.93. The van der Waals surface area contributed by atoms with Crippen LogP contribution in [0.5, 0.6) is 0 Å². The van der Waals surface area contributed by atoms with Crippen molar-refractivity contribution in [2.45, 2.75) is 70.4 Å². The summed E-state index contributed by atoms with van der Waals surface area (Å²) < 4.78 is 27.8. The average molecular weight is 443 g/mol. The number of carbonyl (C=O) groups excluding carboxylic acids is 1. The number of nitrogens with two attached hydrogens (primary N) is 1. The molecular formula is C25H32F2N4O. The molecule has 32 heavy (non-hydrogen) atoms. The van der Waals surface area contributed by atoms with E-state index in [1.165, 1.54) is 0 Å². The highest BCUT2D eigenvalue weighted by atomic mass is 19.3. The van der Waals surface area contributed by atoms with Gasteiger partial charge in [0, 0.05) is 55.5 Å². The van der Waals surface area contributed by atoms with E-state index >= 15 is 0 Å². The first-order chi connectivity index (χ1) is 15.0. The predicted molar refractivity (Wildman–Crippen MR) is 123 cm³/mol. The van der Waals surface area contributed by atoms with Crippen LogP contribution in [0.15, 0.2) is 30.6 Å². The molecule has 2 aliphatic rings. The van der Waals surface area contributed by atoms with Gasteiger partial charge in [0.2, 0.25) is 5.92 Å². The summed E-state index contributed by atoms with van der Waals surface area (Å²) in [5.41, 5.74) is 11.3. The fraction of sp³-hybridized carbons (Fsp3) is 0.520. The molecule has 7 heteroatoms. The molecule has 3 N–H and O–H groups in total. The minimum atomic E-state index is -2.73. The zero-order valence-electron chi connectivity index (χ0n) is 19.0. The number of rotatable bonds is 4. The number of pyridine rings is 1. The minimum absolute atomic E-state index is 0.114. The van der Waals surface area contributed by atoms with Crippen molar-refractivity contribution in [3.8, 4) is 11.1 Å². The van der Waals surface area contributed by atoms with Crippen LogP contribution in [0.25, 0.3) is 11.1 Å². The fourth-order valence-corrected chi connectivity index (χ4v) is 5.04. The average Bonchev–Trinajstić information content (AvgIpc) is 3.05. The van der Waals surface area contributed by atoms with Crippen LogP contribution in [0.3, 0.4) is 0 Å². The molecular weight excluding hydrogens is 410 g/mol. The Morgan fingerprint density at radius 2 is 1.91 bits per heavy atom. The molecule has 1 saturated carbocycles. The van der Waals surface area contributed by atoms with E-state index in [0.717, 1.165) is 40.9 Å². The highest BCUT2D eigenvalue weighted by molar-refractivity contribution is 6.03. The van der Waals surface area contributed by atoms with Gasteiger partial charge in [-0.2, -0.15) is 0 Å². The Bertz CT molecular complexity index is 1000. The molecule has 1 aromatic carbocycles. The summed E-state index contributed by atoms with van der Waals surface area (Å²) in [6.07, 6.45) is 4.66. The molecule has 2 fully saturated rings. The molecule has 0 radical (unpaired) electrons. The summed E-state index contributed by atoms with van der Waals surface area (Å²) in [4.78, 5) is 19.8. The van der Waals surface area contributed by atoms with Crippen LogP contribution in [-0.2, 0) is 0 Å². The Morgan fingerprint density at radius 3 is 2.53 bits per heavy atom. The minimum Gasteiger partial charge on any atom is -0.368 e. The highest BCUT2D eigenvalue weighted by Crippen LogP contribution is 2.38. The normalized spacial score (nSPS) is 25.1. The van der Waals surface area contributed by atoms with Gasteiger partial charge in [-0.25, -0.2) is 8.78 Å². The zero-order valence-corrected chi connectivity index (χ0v) is 19.0. The molecule has 1 unspecified atom stereocenters. The van der Waals surface area contributed by atoms with Crippen LogP contribution in [0.2, 0.25) is 0 Å². The summed E-state index contributed by atoms with van der Waals surface area (Å²) in [6, 6.07) is 5.72. The van der Waals surface area contributed by atoms with Gasteiger partial charge in [-0.3, -0.25) is 9.78 Å². The molecule has 2 aromatic rings. The van der Waals surface area contributed by atoms with Gasteiger partial charge in [-0.15, -0.1) is 0 Å². The number of benzene rings is 1. The molecule has 0 spiro atoms. The number of hydrogen-bond donors (Lipinski definition) is 2. The smallest absolute Gasteiger partial charge is 0.255 e. The maximum Gasteiger partial charge on any atom is 0.255 e. The molecule has 1 aliphatic heterocycles. The second kappa shape index (κ2) is 8.43. The monoisotopic (exact) mass is 442 g/mol. The SMILES string of the molecule is Cc1cc(C)cc(-c2cncc(C(=O)NC3CCCC(F)(F)C3)c2N2CC[C@](C)(N)C2)c1. The van der Waals surface area contributed by atoms with Crippen molar-refractivity contribution >= 4 is 11.6 Å². The molecule has 2 heterocycles. The Labute approximate surface area is 188 Å². The number of hydrogen-bond acceptors (Lipinski definition) is 4. The van der Waals surface area contributed by atoms with E-state index in [9.17, 15) is 13.6 Å². The van der Waals surface area contributed by atoms with Gasteiger partial charge in [-0.05, 0) is 45.6 Å². The van der Waals surface area contributed by atoms with Gasteiger partial charge in [0.25, 0.3) is 5.91 Å². The maximum atomic E-state index is 13.9. The Morgan fingerprint density at radius 1 is 1.19 bits per heavy atom. The Balaban J connectivity index is 1.74. The van der Waals surface area contributed by atoms with Crippen molar-refractivity contribution in [3.63, 3.8) is 0 Å². The maximum absolute atomic E-state index is 13.9. The lowest BCUT2D eigenvalue weighted by atomic mass is 9.91. The van der Waals surface area contributed by atoms with Crippen LogP contribution < -0.4 is 16.0 Å². The van der Waals surface area contributed by atoms with Crippen molar-refractivity contribution in [2.75, 3.05) is 18.0 Å². The standard InChI is InChI=1S/C25H32F2N4O/c1-16-9-17(2)11-18(10-16)20-13-29-14-21(22(20)31-8-7-24(3,28)15-31)23(32)30-19-5-4-6-25(26,27)12-19/h9-11,13-14,19H,4-8,12,15,28H2,1-3H3,(H,30,32)/t19?,24-/m0/s1. The second-order valence-corrected chi connectivity index (χ2v) is 9.91. The summed E-state index contributed by atoms with van der Waals surface area (Å²) in [7, 11) is 0. The van der Waals surface area contributed by atoms with Crippen molar-refractivity contribution in [2.24, 2.45) is 5.73 Å². The Kier molecular flexibility index (Phi) is 5.96. The first kappa shape index (κ1) is 22.6. The van der Waals surface area contributed by atoms with Crippen molar-refractivity contribution in [3.05, 3.63) is 47.3 Å². The molecule has 0 bridgehead atoms. The van der Waals surface area contributed by atoms with Gasteiger partial charge in [0.15, 0.2) is 0 Å². The van der Waals surface area contributed by atoms with Gasteiger partial charge >= 0.3 is 0 Å². The highest BCUT2D eigenvalue weighted by Gasteiger charge is 2.38. The summed E-state index contributed by atoms with van der Waals surface area (Å²) in [5.74, 6) is -3.08. The number of amides is 1. The lowest BCUT2D eigenvalue weighted by Crippen LogP contribution is -2.43. The van der Waals surface area contributed by atoms with Crippen molar-refractivity contribution < 1.29 is 13.6 Å². The number of aryl methyl sites for hydroxylation is 2. The van der Waals surface area contributed by atoms with Crippen molar-refractivity contribution in [1.82, 2.24) is 10.3 Å². The van der Waals surface area contributed by atoms with Crippen LogP contribution >= 0.6 is 0 Å². The molecule has 1 saturated heterocycles. The van der Waals surface area contributed by atoms with Gasteiger partial charge in [0.05, 0.1) is 11.3 Å². The topological polar surface area (TPSA) is 71.2 Å². The van der Waals surface area contributed by atoms with E-state index in [0.29, 0.717) is 24.9 Å². The van der Waals surface area contributed by atoms with Crippen LogP contribution in [0.4, 0.5) is 14.5 Å². The van der Waals surface area contributed by atoms with Crippen LogP contribution in [0, 0.1) is 13.8 Å². The van der Waals surface area contributed by atoms with Gasteiger partial charge in [0.1, 0.15) is 0 Å². The lowest BCUT2D eigenvalue weighted by molar-refractivity contribution is -0.0429. The number of halogens is 2. The summed E-state index contributed by atoms with van der Waals surface area (Å²) >= 11 is 0.